The van der Waals surface area contributed by atoms with Gasteiger partial charge in [0, 0.05) is 27.2 Å². The Morgan fingerprint density at radius 3 is 2.62 bits per heavy atom. The van der Waals surface area contributed by atoms with Crippen molar-refractivity contribution in [2.75, 3.05) is 56.3 Å². The standard InChI is InChI=1S/C12H21N7O2/c1-8(9(20)18(2)3)14-11-15-10(13)16-12(17-11)19-4-6-21-7-5-19/h8H,4-7H2,1-3H3,(H3,13,14,15,16,17). The van der Waals surface area contributed by atoms with Gasteiger partial charge in [-0.1, -0.05) is 0 Å². The van der Waals surface area contributed by atoms with Gasteiger partial charge in [-0.2, -0.15) is 15.0 Å². The number of likely N-dealkylation sites (N-methyl/N-ethyl adjacent to an activating group) is 1. The topological polar surface area (TPSA) is 109 Å². The molecule has 2 heterocycles. The van der Waals surface area contributed by atoms with Crippen LogP contribution in [0.1, 0.15) is 6.92 Å². The fraction of sp³-hybridized carbons (Fsp3) is 0.667. The van der Waals surface area contributed by atoms with Crippen molar-refractivity contribution in [1.29, 1.82) is 0 Å². The fourth-order valence-electron chi connectivity index (χ4n) is 1.99. The number of hydrogen-bond donors (Lipinski definition) is 2. The van der Waals surface area contributed by atoms with E-state index in [0.29, 0.717) is 38.2 Å². The normalized spacial score (nSPS) is 16.4. The molecule has 21 heavy (non-hydrogen) atoms. The maximum atomic E-state index is 11.9. The molecule has 1 fully saturated rings. The van der Waals surface area contributed by atoms with Crippen molar-refractivity contribution in [3.8, 4) is 0 Å². The third kappa shape index (κ3) is 3.91. The van der Waals surface area contributed by atoms with Crippen molar-refractivity contribution >= 4 is 23.8 Å². The van der Waals surface area contributed by atoms with E-state index >= 15 is 0 Å². The molecule has 1 atom stereocenters. The SMILES string of the molecule is CC(Nc1nc(N)nc(N2CCOCC2)n1)C(=O)N(C)C. The van der Waals surface area contributed by atoms with E-state index in [-0.39, 0.29) is 11.9 Å². The van der Waals surface area contributed by atoms with Gasteiger partial charge in [-0.3, -0.25) is 4.79 Å². The minimum absolute atomic E-state index is 0.0677. The highest BCUT2D eigenvalue weighted by atomic mass is 16.5. The summed E-state index contributed by atoms with van der Waals surface area (Å²) in [4.78, 5) is 27.8. The number of carbonyl (C=O) groups excluding carboxylic acids is 1. The molecule has 0 bridgehead atoms. The maximum Gasteiger partial charge on any atom is 0.244 e. The fourth-order valence-corrected chi connectivity index (χ4v) is 1.99. The lowest BCUT2D eigenvalue weighted by atomic mass is 10.3. The van der Waals surface area contributed by atoms with Gasteiger partial charge < -0.3 is 25.6 Å². The molecule has 1 aromatic rings. The molecule has 0 spiro atoms. The number of amides is 1. The Bertz CT molecular complexity index is 502. The molecule has 9 heteroatoms. The minimum atomic E-state index is -0.445. The quantitative estimate of drug-likeness (QED) is 0.741. The zero-order valence-corrected chi connectivity index (χ0v) is 12.5. The molecular formula is C12H21N7O2. The van der Waals surface area contributed by atoms with E-state index in [9.17, 15) is 4.79 Å². The molecule has 1 aliphatic rings. The van der Waals surface area contributed by atoms with E-state index in [1.54, 1.807) is 21.0 Å². The predicted octanol–water partition coefficient (Wildman–Crippen LogP) is -0.821. The van der Waals surface area contributed by atoms with Gasteiger partial charge in [0.2, 0.25) is 23.8 Å². The summed E-state index contributed by atoms with van der Waals surface area (Å²) < 4.78 is 5.29. The summed E-state index contributed by atoms with van der Waals surface area (Å²) in [6.07, 6.45) is 0. The molecule has 1 amide bonds. The molecule has 116 valence electrons. The zero-order chi connectivity index (χ0) is 15.4. The van der Waals surface area contributed by atoms with Gasteiger partial charge in [0.25, 0.3) is 0 Å². The van der Waals surface area contributed by atoms with Crippen LogP contribution in [0.4, 0.5) is 17.8 Å². The number of carbonyl (C=O) groups is 1. The Kier molecular flexibility index (Phi) is 4.73. The van der Waals surface area contributed by atoms with Gasteiger partial charge in [0.15, 0.2) is 0 Å². The molecule has 1 aromatic heterocycles. The van der Waals surface area contributed by atoms with Crippen molar-refractivity contribution in [2.45, 2.75) is 13.0 Å². The molecule has 2 rings (SSSR count). The number of rotatable bonds is 4. The van der Waals surface area contributed by atoms with Crippen LogP contribution in [0, 0.1) is 0 Å². The number of nitrogen functional groups attached to an aromatic ring is 1. The van der Waals surface area contributed by atoms with Crippen LogP contribution in [0.2, 0.25) is 0 Å². The Morgan fingerprint density at radius 1 is 1.33 bits per heavy atom. The molecule has 3 N–H and O–H groups in total. The van der Waals surface area contributed by atoms with Crippen LogP contribution in [0.3, 0.4) is 0 Å². The Morgan fingerprint density at radius 2 is 2.00 bits per heavy atom. The highest BCUT2D eigenvalue weighted by molar-refractivity contribution is 5.83. The predicted molar refractivity (Wildman–Crippen MR) is 79.1 cm³/mol. The largest absolute Gasteiger partial charge is 0.378 e. The van der Waals surface area contributed by atoms with E-state index in [0.717, 1.165) is 0 Å². The van der Waals surface area contributed by atoms with Gasteiger partial charge in [-0.15, -0.1) is 0 Å². The summed E-state index contributed by atoms with van der Waals surface area (Å²) in [5.41, 5.74) is 5.72. The highest BCUT2D eigenvalue weighted by Crippen LogP contribution is 2.14. The number of nitrogens with two attached hydrogens (primary N) is 1. The number of morpholine rings is 1. The number of aromatic nitrogens is 3. The molecule has 1 aliphatic heterocycles. The summed E-state index contributed by atoms with van der Waals surface area (Å²) in [5, 5.41) is 2.95. The van der Waals surface area contributed by atoms with E-state index in [2.05, 4.69) is 20.3 Å². The number of anilines is 3. The van der Waals surface area contributed by atoms with Crippen LogP contribution in [0.5, 0.6) is 0 Å². The third-order valence-corrected chi connectivity index (χ3v) is 3.09. The molecule has 0 aromatic carbocycles. The van der Waals surface area contributed by atoms with Crippen LogP contribution < -0.4 is 16.0 Å². The van der Waals surface area contributed by atoms with Gasteiger partial charge in [-0.25, -0.2) is 0 Å². The van der Waals surface area contributed by atoms with Gasteiger partial charge in [0.05, 0.1) is 13.2 Å². The van der Waals surface area contributed by atoms with Crippen molar-refractivity contribution in [3.05, 3.63) is 0 Å². The number of nitrogens with one attached hydrogen (secondary N) is 1. The second kappa shape index (κ2) is 6.53. The van der Waals surface area contributed by atoms with E-state index in [4.69, 9.17) is 10.5 Å². The first kappa shape index (κ1) is 15.2. The first-order valence-electron chi connectivity index (χ1n) is 6.79. The second-order valence-electron chi connectivity index (χ2n) is 5.02. The first-order valence-corrected chi connectivity index (χ1v) is 6.79. The van der Waals surface area contributed by atoms with Crippen LogP contribution in [-0.2, 0) is 9.53 Å². The Hall–Kier alpha value is -2.16. The van der Waals surface area contributed by atoms with Crippen LogP contribution in [0.15, 0.2) is 0 Å². The number of hydrogen-bond acceptors (Lipinski definition) is 8. The number of ether oxygens (including phenoxy) is 1. The molecule has 9 nitrogen and oxygen atoms in total. The third-order valence-electron chi connectivity index (χ3n) is 3.09. The number of nitrogens with zero attached hydrogens (tertiary/aromatic N) is 5. The average Bonchev–Trinajstić information content (AvgIpc) is 2.46. The average molecular weight is 295 g/mol. The van der Waals surface area contributed by atoms with Gasteiger partial charge >= 0.3 is 0 Å². The molecule has 1 unspecified atom stereocenters. The molecular weight excluding hydrogens is 274 g/mol. The highest BCUT2D eigenvalue weighted by Gasteiger charge is 2.19. The van der Waals surface area contributed by atoms with E-state index < -0.39 is 6.04 Å². The lowest BCUT2D eigenvalue weighted by Gasteiger charge is -2.27. The second-order valence-corrected chi connectivity index (χ2v) is 5.02. The summed E-state index contributed by atoms with van der Waals surface area (Å²) in [5.74, 6) is 0.852. The minimum Gasteiger partial charge on any atom is -0.378 e. The van der Waals surface area contributed by atoms with Crippen LogP contribution in [-0.4, -0.2) is 72.2 Å². The van der Waals surface area contributed by atoms with Crippen molar-refractivity contribution in [2.24, 2.45) is 0 Å². The van der Waals surface area contributed by atoms with Gasteiger partial charge in [0.1, 0.15) is 6.04 Å². The Labute approximate surface area is 123 Å². The molecule has 0 radical (unpaired) electrons. The summed E-state index contributed by atoms with van der Waals surface area (Å²) in [7, 11) is 3.39. The molecule has 1 saturated heterocycles. The van der Waals surface area contributed by atoms with E-state index in [1.165, 1.54) is 4.90 Å². The monoisotopic (exact) mass is 295 g/mol. The lowest BCUT2D eigenvalue weighted by Crippen LogP contribution is -2.39. The summed E-state index contributed by atoms with van der Waals surface area (Å²) in [6, 6.07) is -0.445. The van der Waals surface area contributed by atoms with Crippen molar-refractivity contribution in [1.82, 2.24) is 19.9 Å². The van der Waals surface area contributed by atoms with Crippen LogP contribution >= 0.6 is 0 Å². The summed E-state index contributed by atoms with van der Waals surface area (Å²) in [6.45, 7) is 4.41. The smallest absolute Gasteiger partial charge is 0.244 e. The van der Waals surface area contributed by atoms with Crippen molar-refractivity contribution in [3.63, 3.8) is 0 Å². The zero-order valence-electron chi connectivity index (χ0n) is 12.5. The summed E-state index contributed by atoms with van der Waals surface area (Å²) >= 11 is 0. The Balaban J connectivity index is 2.13. The molecule has 0 aliphatic carbocycles. The first-order chi connectivity index (χ1) is 9.97. The van der Waals surface area contributed by atoms with E-state index in [1.807, 2.05) is 4.90 Å². The van der Waals surface area contributed by atoms with Crippen LogP contribution in [0.25, 0.3) is 0 Å². The lowest BCUT2D eigenvalue weighted by molar-refractivity contribution is -0.129. The van der Waals surface area contributed by atoms with Crippen molar-refractivity contribution < 1.29 is 9.53 Å². The molecule has 0 saturated carbocycles. The van der Waals surface area contributed by atoms with Gasteiger partial charge in [-0.05, 0) is 6.92 Å². The maximum absolute atomic E-state index is 11.9.